The number of rotatable bonds is 4. The number of anilines is 1. The number of benzene rings is 2. The first kappa shape index (κ1) is 14.1. The molecule has 20 heavy (non-hydrogen) atoms. The van der Waals surface area contributed by atoms with Gasteiger partial charge >= 0.3 is 0 Å². The van der Waals surface area contributed by atoms with Gasteiger partial charge in [-0.05, 0) is 29.8 Å². The summed E-state index contributed by atoms with van der Waals surface area (Å²) in [5.41, 5.74) is 3.01. The molecule has 0 radical (unpaired) electrons. The first-order valence-electron chi connectivity index (χ1n) is 6.30. The fourth-order valence-electron chi connectivity index (χ4n) is 2.12. The lowest BCUT2D eigenvalue weighted by atomic mass is 10.0. The third-order valence-electron chi connectivity index (χ3n) is 3.19. The summed E-state index contributed by atoms with van der Waals surface area (Å²) in [6.07, 6.45) is 0. The number of phenolic OH excluding ortho intramolecular Hbond substituents is 1. The predicted molar refractivity (Wildman–Crippen MR) is 81.0 cm³/mol. The van der Waals surface area contributed by atoms with Gasteiger partial charge in [0.15, 0.2) is 11.5 Å². The Bertz CT molecular complexity index is 591. The van der Waals surface area contributed by atoms with Crippen molar-refractivity contribution in [3.05, 3.63) is 36.4 Å². The number of ether oxygens (including phenoxy) is 2. The van der Waals surface area contributed by atoms with E-state index in [0.717, 1.165) is 16.8 Å². The van der Waals surface area contributed by atoms with Gasteiger partial charge in [-0.3, -0.25) is 0 Å². The van der Waals surface area contributed by atoms with Gasteiger partial charge < -0.3 is 19.5 Å². The molecule has 0 bridgehead atoms. The third-order valence-corrected chi connectivity index (χ3v) is 3.19. The minimum absolute atomic E-state index is 0.0676. The van der Waals surface area contributed by atoms with Crippen molar-refractivity contribution in [2.24, 2.45) is 0 Å². The van der Waals surface area contributed by atoms with E-state index in [9.17, 15) is 5.11 Å². The Morgan fingerprint density at radius 2 is 1.45 bits per heavy atom. The number of hydrogen-bond donors (Lipinski definition) is 1. The highest BCUT2D eigenvalue weighted by atomic mass is 16.5. The second-order valence-corrected chi connectivity index (χ2v) is 4.64. The van der Waals surface area contributed by atoms with Crippen LogP contribution in [0.2, 0.25) is 0 Å². The van der Waals surface area contributed by atoms with E-state index in [2.05, 4.69) is 0 Å². The van der Waals surface area contributed by atoms with Crippen LogP contribution in [0, 0.1) is 0 Å². The molecule has 0 saturated heterocycles. The zero-order valence-corrected chi connectivity index (χ0v) is 12.2. The maximum Gasteiger partial charge on any atom is 0.203 e. The Kier molecular flexibility index (Phi) is 4.03. The predicted octanol–water partition coefficient (Wildman–Crippen LogP) is 3.14. The van der Waals surface area contributed by atoms with Crippen molar-refractivity contribution >= 4 is 5.69 Å². The zero-order valence-electron chi connectivity index (χ0n) is 12.2. The van der Waals surface area contributed by atoms with Crippen molar-refractivity contribution in [2.75, 3.05) is 33.2 Å². The summed E-state index contributed by atoms with van der Waals surface area (Å²) in [7, 11) is 7.07. The molecule has 1 N–H and O–H groups in total. The van der Waals surface area contributed by atoms with E-state index in [1.54, 1.807) is 13.2 Å². The van der Waals surface area contributed by atoms with Crippen molar-refractivity contribution in [2.45, 2.75) is 0 Å². The van der Waals surface area contributed by atoms with Gasteiger partial charge in [0.2, 0.25) is 5.75 Å². The number of hydrogen-bond acceptors (Lipinski definition) is 4. The molecule has 2 rings (SSSR count). The molecular weight excluding hydrogens is 254 g/mol. The number of nitrogens with zero attached hydrogens (tertiary/aromatic N) is 1. The lowest BCUT2D eigenvalue weighted by Gasteiger charge is -2.16. The maximum atomic E-state index is 9.80. The molecule has 4 heteroatoms. The highest BCUT2D eigenvalue weighted by molar-refractivity contribution is 5.77. The maximum absolute atomic E-state index is 9.80. The fourth-order valence-corrected chi connectivity index (χ4v) is 2.12. The molecule has 0 saturated carbocycles. The van der Waals surface area contributed by atoms with Crippen LogP contribution in [0.3, 0.4) is 0 Å². The number of phenols is 1. The van der Waals surface area contributed by atoms with Crippen molar-refractivity contribution < 1.29 is 14.6 Å². The lowest BCUT2D eigenvalue weighted by Crippen LogP contribution is -2.07. The highest BCUT2D eigenvalue weighted by Crippen LogP contribution is 2.43. The lowest BCUT2D eigenvalue weighted by molar-refractivity contribution is 0.334. The number of methoxy groups -OCH3 is 2. The first-order valence-corrected chi connectivity index (χ1v) is 6.30. The summed E-state index contributed by atoms with van der Waals surface area (Å²) in [4.78, 5) is 2.04. The van der Waals surface area contributed by atoms with Gasteiger partial charge in [0.1, 0.15) is 0 Å². The highest BCUT2D eigenvalue weighted by Gasteiger charge is 2.15. The molecular formula is C16H19NO3. The second kappa shape index (κ2) is 5.74. The van der Waals surface area contributed by atoms with Gasteiger partial charge in [-0.25, -0.2) is 0 Å². The monoisotopic (exact) mass is 273 g/mol. The van der Waals surface area contributed by atoms with E-state index in [-0.39, 0.29) is 5.75 Å². The molecule has 2 aromatic rings. The number of aromatic hydroxyl groups is 1. The quantitative estimate of drug-likeness (QED) is 0.929. The summed E-state index contributed by atoms with van der Waals surface area (Å²) in [5, 5.41) is 9.80. The summed E-state index contributed by atoms with van der Waals surface area (Å²) >= 11 is 0. The normalized spacial score (nSPS) is 10.2. The van der Waals surface area contributed by atoms with Crippen LogP contribution in [0.25, 0.3) is 11.1 Å². The molecule has 0 aliphatic heterocycles. The molecule has 0 aliphatic rings. The van der Waals surface area contributed by atoms with E-state index in [1.807, 2.05) is 49.3 Å². The summed E-state index contributed by atoms with van der Waals surface area (Å²) in [6.45, 7) is 0. The largest absolute Gasteiger partial charge is 0.504 e. The first-order chi connectivity index (χ1) is 9.58. The van der Waals surface area contributed by atoms with Gasteiger partial charge in [-0.2, -0.15) is 0 Å². The molecule has 0 atom stereocenters. The Morgan fingerprint density at radius 1 is 0.850 bits per heavy atom. The summed E-state index contributed by atoms with van der Waals surface area (Å²) in [5.74, 6) is 0.949. The molecule has 0 spiro atoms. The SMILES string of the molecule is COc1c(O)ccc(-c2ccc(N(C)C)cc2)c1OC. The van der Waals surface area contributed by atoms with Gasteiger partial charge in [-0.15, -0.1) is 0 Å². The van der Waals surface area contributed by atoms with E-state index >= 15 is 0 Å². The van der Waals surface area contributed by atoms with Crippen LogP contribution in [0.15, 0.2) is 36.4 Å². The molecule has 0 fully saturated rings. The van der Waals surface area contributed by atoms with Crippen molar-refractivity contribution in [1.82, 2.24) is 0 Å². The average Bonchev–Trinajstić information content (AvgIpc) is 2.46. The van der Waals surface area contributed by atoms with Crippen LogP contribution >= 0.6 is 0 Å². The van der Waals surface area contributed by atoms with Crippen LogP contribution in [-0.2, 0) is 0 Å². The molecule has 4 nitrogen and oxygen atoms in total. The second-order valence-electron chi connectivity index (χ2n) is 4.64. The zero-order chi connectivity index (χ0) is 14.7. The van der Waals surface area contributed by atoms with Gasteiger partial charge in [0, 0.05) is 25.3 Å². The van der Waals surface area contributed by atoms with E-state index in [0.29, 0.717) is 11.5 Å². The van der Waals surface area contributed by atoms with Gasteiger partial charge in [0.25, 0.3) is 0 Å². The van der Waals surface area contributed by atoms with Crippen molar-refractivity contribution in [3.63, 3.8) is 0 Å². The Labute approximate surface area is 119 Å². The molecule has 0 unspecified atom stereocenters. The molecule has 0 amide bonds. The smallest absolute Gasteiger partial charge is 0.203 e. The van der Waals surface area contributed by atoms with E-state index in [4.69, 9.17) is 9.47 Å². The Morgan fingerprint density at radius 3 is 1.95 bits per heavy atom. The van der Waals surface area contributed by atoms with Crippen LogP contribution in [0.1, 0.15) is 0 Å². The van der Waals surface area contributed by atoms with E-state index in [1.165, 1.54) is 7.11 Å². The molecule has 0 heterocycles. The average molecular weight is 273 g/mol. The summed E-state index contributed by atoms with van der Waals surface area (Å²) in [6, 6.07) is 11.5. The standard InChI is InChI=1S/C16H19NO3/c1-17(2)12-7-5-11(6-8-12)13-9-10-14(18)16(20-4)15(13)19-3/h5-10,18H,1-4H3. The molecule has 2 aromatic carbocycles. The molecule has 106 valence electrons. The topological polar surface area (TPSA) is 41.9 Å². The Balaban J connectivity index is 2.52. The van der Waals surface area contributed by atoms with Gasteiger partial charge in [-0.1, -0.05) is 12.1 Å². The van der Waals surface area contributed by atoms with Crippen LogP contribution in [0.4, 0.5) is 5.69 Å². The van der Waals surface area contributed by atoms with Crippen LogP contribution < -0.4 is 14.4 Å². The Hall–Kier alpha value is -2.36. The van der Waals surface area contributed by atoms with Crippen LogP contribution in [0.5, 0.6) is 17.2 Å². The van der Waals surface area contributed by atoms with Crippen molar-refractivity contribution in [1.29, 1.82) is 0 Å². The fraction of sp³-hybridized carbons (Fsp3) is 0.250. The van der Waals surface area contributed by atoms with E-state index < -0.39 is 0 Å². The van der Waals surface area contributed by atoms with Crippen LogP contribution in [-0.4, -0.2) is 33.4 Å². The molecule has 0 aromatic heterocycles. The van der Waals surface area contributed by atoms with Gasteiger partial charge in [0.05, 0.1) is 14.2 Å². The van der Waals surface area contributed by atoms with Crippen molar-refractivity contribution in [3.8, 4) is 28.4 Å². The third kappa shape index (κ3) is 2.50. The minimum Gasteiger partial charge on any atom is -0.504 e. The molecule has 0 aliphatic carbocycles. The summed E-state index contributed by atoms with van der Waals surface area (Å²) < 4.78 is 10.6. The minimum atomic E-state index is 0.0676.